The summed E-state index contributed by atoms with van der Waals surface area (Å²) in [5.74, 6) is -2.21. The summed E-state index contributed by atoms with van der Waals surface area (Å²) in [6.45, 7) is 2.57. The Bertz CT molecular complexity index is 550. The lowest BCUT2D eigenvalue weighted by Gasteiger charge is -2.21. The fraction of sp³-hybridized carbons (Fsp3) is 0.429. The number of anilines is 1. The van der Waals surface area contributed by atoms with E-state index in [0.717, 1.165) is 0 Å². The molecule has 0 aliphatic carbocycles. The van der Waals surface area contributed by atoms with Gasteiger partial charge in [0, 0.05) is 5.56 Å². The maximum atomic E-state index is 12.6. The van der Waals surface area contributed by atoms with Gasteiger partial charge in [0.1, 0.15) is 6.54 Å². The van der Waals surface area contributed by atoms with Crippen molar-refractivity contribution in [2.24, 2.45) is 0 Å². The van der Waals surface area contributed by atoms with Gasteiger partial charge in [-0.3, -0.25) is 14.5 Å². The van der Waals surface area contributed by atoms with Crippen molar-refractivity contribution in [2.45, 2.75) is 12.7 Å². The Hall–Kier alpha value is -1.92. The van der Waals surface area contributed by atoms with E-state index >= 15 is 0 Å². The lowest BCUT2D eigenvalue weighted by Crippen LogP contribution is -2.43. The zero-order valence-electron chi connectivity index (χ0n) is 11.1. The van der Waals surface area contributed by atoms with Crippen molar-refractivity contribution in [1.29, 1.82) is 0 Å². The van der Waals surface area contributed by atoms with E-state index in [0.29, 0.717) is 24.5 Å². The molecule has 1 saturated heterocycles. The maximum absolute atomic E-state index is 12.6. The normalized spacial score (nSPS) is 19.4. The quantitative estimate of drug-likeness (QED) is 0.764. The molecule has 2 aliphatic heterocycles. The van der Waals surface area contributed by atoms with Crippen molar-refractivity contribution in [2.75, 3.05) is 31.3 Å². The average Bonchev–Trinajstić information content (AvgIpc) is 3.02. The van der Waals surface area contributed by atoms with Crippen LogP contribution in [0.2, 0.25) is 0 Å². The molecule has 0 N–H and O–H groups in total. The molecule has 3 rings (SSSR count). The van der Waals surface area contributed by atoms with Crippen LogP contribution in [0, 0.1) is 0 Å². The number of fused-ring (bicyclic) bond motifs is 2. The molecule has 1 aromatic rings. The number of para-hydroxylation sites is 1. The zero-order valence-corrected chi connectivity index (χ0v) is 11.1. The summed E-state index contributed by atoms with van der Waals surface area (Å²) in [4.78, 5) is 25.6. The highest BCUT2D eigenvalue weighted by atomic mass is 16.7. The van der Waals surface area contributed by atoms with Crippen molar-refractivity contribution >= 4 is 17.6 Å². The first-order valence-corrected chi connectivity index (χ1v) is 6.54. The zero-order chi connectivity index (χ0) is 14.2. The van der Waals surface area contributed by atoms with E-state index in [1.54, 1.807) is 25.1 Å². The Morgan fingerprint density at radius 1 is 1.35 bits per heavy atom. The number of nitrogens with zero attached hydrogens (tertiary/aromatic N) is 1. The van der Waals surface area contributed by atoms with E-state index in [1.807, 2.05) is 6.07 Å². The minimum Gasteiger partial charge on any atom is -0.465 e. The van der Waals surface area contributed by atoms with Gasteiger partial charge in [-0.15, -0.1) is 0 Å². The number of esters is 1. The molecule has 2 aliphatic rings. The number of rotatable bonds is 3. The van der Waals surface area contributed by atoms with E-state index < -0.39 is 11.8 Å². The van der Waals surface area contributed by atoms with Crippen LogP contribution in [0.3, 0.4) is 0 Å². The first-order valence-electron chi connectivity index (χ1n) is 6.54. The van der Waals surface area contributed by atoms with Crippen LogP contribution >= 0.6 is 0 Å². The fourth-order valence-corrected chi connectivity index (χ4v) is 2.57. The highest BCUT2D eigenvalue weighted by Crippen LogP contribution is 2.45. The Balaban J connectivity index is 1.97. The summed E-state index contributed by atoms with van der Waals surface area (Å²) in [5.41, 5.74) is 1.28. The van der Waals surface area contributed by atoms with Crippen molar-refractivity contribution in [3.8, 4) is 0 Å². The summed E-state index contributed by atoms with van der Waals surface area (Å²) >= 11 is 0. The van der Waals surface area contributed by atoms with Gasteiger partial charge in [-0.1, -0.05) is 18.2 Å². The predicted molar refractivity (Wildman–Crippen MR) is 69.0 cm³/mol. The van der Waals surface area contributed by atoms with Crippen LogP contribution in [-0.4, -0.2) is 38.2 Å². The van der Waals surface area contributed by atoms with Gasteiger partial charge in [0.25, 0.3) is 11.7 Å². The van der Waals surface area contributed by atoms with Crippen molar-refractivity contribution in [3.05, 3.63) is 29.8 Å². The molecule has 0 radical (unpaired) electrons. The molecule has 1 amide bonds. The van der Waals surface area contributed by atoms with Crippen LogP contribution in [-0.2, 0) is 29.6 Å². The highest BCUT2D eigenvalue weighted by Gasteiger charge is 2.56. The van der Waals surface area contributed by atoms with E-state index in [-0.39, 0.29) is 19.1 Å². The third-order valence-electron chi connectivity index (χ3n) is 3.36. The molecule has 6 nitrogen and oxygen atoms in total. The van der Waals surface area contributed by atoms with Crippen molar-refractivity contribution in [3.63, 3.8) is 0 Å². The second-order valence-electron chi connectivity index (χ2n) is 4.53. The van der Waals surface area contributed by atoms with Gasteiger partial charge in [0.05, 0.1) is 25.5 Å². The molecule has 2 heterocycles. The molecule has 0 unspecified atom stereocenters. The molecule has 0 atom stereocenters. The van der Waals surface area contributed by atoms with Crippen LogP contribution in [0.5, 0.6) is 0 Å². The SMILES string of the molecule is CCOC(=O)CN1C(=O)C2(OCCO2)c2ccccc21. The van der Waals surface area contributed by atoms with E-state index in [4.69, 9.17) is 14.2 Å². The number of carbonyl (C=O) groups is 2. The second-order valence-corrected chi connectivity index (χ2v) is 4.53. The molecule has 0 aromatic heterocycles. The molecule has 0 saturated carbocycles. The van der Waals surface area contributed by atoms with Gasteiger partial charge in [0.2, 0.25) is 0 Å². The second kappa shape index (κ2) is 4.88. The Morgan fingerprint density at radius 2 is 2.05 bits per heavy atom. The maximum Gasteiger partial charge on any atom is 0.326 e. The molecule has 1 spiro atoms. The standard InChI is InChI=1S/C14H15NO5/c1-2-18-12(16)9-15-11-6-4-3-5-10(11)14(13(15)17)19-7-8-20-14/h3-6H,2,7-9H2,1H3. The summed E-state index contributed by atoms with van der Waals surface area (Å²) in [6, 6.07) is 7.17. The minimum atomic E-state index is -1.39. The van der Waals surface area contributed by atoms with Gasteiger partial charge in [-0.2, -0.15) is 0 Å². The van der Waals surface area contributed by atoms with Crippen LogP contribution in [0.15, 0.2) is 24.3 Å². The van der Waals surface area contributed by atoms with Crippen LogP contribution in [0.1, 0.15) is 12.5 Å². The van der Waals surface area contributed by atoms with Crippen LogP contribution in [0.25, 0.3) is 0 Å². The van der Waals surface area contributed by atoms with Crippen LogP contribution in [0.4, 0.5) is 5.69 Å². The first-order chi connectivity index (χ1) is 9.69. The Kier molecular flexibility index (Phi) is 3.19. The molecular weight excluding hydrogens is 262 g/mol. The average molecular weight is 277 g/mol. The summed E-state index contributed by atoms with van der Waals surface area (Å²) in [7, 11) is 0. The van der Waals surface area contributed by atoms with Gasteiger partial charge in [0.15, 0.2) is 0 Å². The highest BCUT2D eigenvalue weighted by molar-refractivity contribution is 6.08. The number of hydrogen-bond donors (Lipinski definition) is 0. The molecule has 20 heavy (non-hydrogen) atoms. The van der Waals surface area contributed by atoms with E-state index in [2.05, 4.69) is 0 Å². The van der Waals surface area contributed by atoms with E-state index in [1.165, 1.54) is 4.90 Å². The van der Waals surface area contributed by atoms with Gasteiger partial charge < -0.3 is 14.2 Å². The molecule has 0 bridgehead atoms. The summed E-state index contributed by atoms with van der Waals surface area (Å²) in [6.07, 6.45) is 0. The summed E-state index contributed by atoms with van der Waals surface area (Å²) in [5, 5.41) is 0. The number of ether oxygens (including phenoxy) is 3. The molecule has 106 valence electrons. The number of amides is 1. The molecule has 1 fully saturated rings. The third kappa shape index (κ3) is 1.80. The monoisotopic (exact) mass is 277 g/mol. The van der Waals surface area contributed by atoms with Gasteiger partial charge in [-0.25, -0.2) is 0 Å². The number of hydrogen-bond acceptors (Lipinski definition) is 5. The third-order valence-corrected chi connectivity index (χ3v) is 3.36. The molecule has 1 aromatic carbocycles. The lowest BCUT2D eigenvalue weighted by molar-refractivity contribution is -0.181. The number of carbonyl (C=O) groups excluding carboxylic acids is 2. The van der Waals surface area contributed by atoms with Gasteiger partial charge in [-0.05, 0) is 13.0 Å². The van der Waals surface area contributed by atoms with E-state index in [9.17, 15) is 9.59 Å². The lowest BCUT2D eigenvalue weighted by atomic mass is 10.1. The smallest absolute Gasteiger partial charge is 0.326 e. The molecular formula is C14H15NO5. The largest absolute Gasteiger partial charge is 0.465 e. The molecule has 6 heteroatoms. The van der Waals surface area contributed by atoms with Gasteiger partial charge >= 0.3 is 5.97 Å². The van der Waals surface area contributed by atoms with Crippen molar-refractivity contribution < 1.29 is 23.8 Å². The first kappa shape index (κ1) is 13.1. The summed E-state index contributed by atoms with van der Waals surface area (Å²) < 4.78 is 16.0. The Labute approximate surface area is 116 Å². The minimum absolute atomic E-state index is 0.141. The fourth-order valence-electron chi connectivity index (χ4n) is 2.57. The number of benzene rings is 1. The van der Waals surface area contributed by atoms with Crippen molar-refractivity contribution in [1.82, 2.24) is 0 Å². The Morgan fingerprint density at radius 3 is 2.75 bits per heavy atom. The van der Waals surface area contributed by atoms with Crippen LogP contribution < -0.4 is 4.90 Å². The predicted octanol–water partition coefficient (Wildman–Crippen LogP) is 0.796. The topological polar surface area (TPSA) is 65.1 Å².